The summed E-state index contributed by atoms with van der Waals surface area (Å²) in [4.78, 5) is 0. The van der Waals surface area contributed by atoms with Gasteiger partial charge in [0.2, 0.25) is 0 Å². The van der Waals surface area contributed by atoms with Crippen molar-refractivity contribution in [1.29, 1.82) is 0 Å². The minimum atomic E-state index is 0.181. The predicted octanol–water partition coefficient (Wildman–Crippen LogP) is 10.1. The fourth-order valence-electron chi connectivity index (χ4n) is 5.78. The van der Waals surface area contributed by atoms with Crippen molar-refractivity contribution >= 4 is 0 Å². The van der Waals surface area contributed by atoms with Crippen molar-refractivity contribution in [3.63, 3.8) is 0 Å². The number of rotatable bonds is 9. The monoisotopic (exact) mass is 440 g/mol. The lowest BCUT2D eigenvalue weighted by molar-refractivity contribution is 0.584. The van der Waals surface area contributed by atoms with Crippen molar-refractivity contribution in [2.24, 2.45) is 5.92 Å². The first kappa shape index (κ1) is 24.1. The SMILES string of the molecule is CCCCC1=CC(CCC2c3cc(C(C)CCC)ccc3-c3ccc(C(C)(C)C)cc32)C=C1. The molecule has 0 fully saturated rings. The van der Waals surface area contributed by atoms with Crippen LogP contribution >= 0.6 is 0 Å². The van der Waals surface area contributed by atoms with E-state index < -0.39 is 0 Å². The highest BCUT2D eigenvalue weighted by Gasteiger charge is 2.31. The maximum Gasteiger partial charge on any atom is 0.0102 e. The number of hydrogen-bond donors (Lipinski definition) is 0. The Morgan fingerprint density at radius 1 is 0.879 bits per heavy atom. The Bertz CT molecular complexity index is 1030. The normalized spacial score (nSPS) is 20.0. The molecule has 2 aromatic carbocycles. The molecule has 3 atom stereocenters. The minimum absolute atomic E-state index is 0.181. The Labute approximate surface area is 203 Å². The number of unbranched alkanes of at least 4 members (excludes halogenated alkanes) is 1. The highest BCUT2D eigenvalue weighted by Crippen LogP contribution is 2.49. The number of hydrogen-bond acceptors (Lipinski definition) is 0. The molecule has 0 aromatic heterocycles. The summed E-state index contributed by atoms with van der Waals surface area (Å²) >= 11 is 0. The zero-order valence-corrected chi connectivity index (χ0v) is 21.9. The van der Waals surface area contributed by atoms with Gasteiger partial charge in [0, 0.05) is 5.92 Å². The Hall–Kier alpha value is -2.08. The quantitative estimate of drug-likeness (QED) is 0.364. The average Bonchev–Trinajstić information content (AvgIpc) is 3.37. The molecule has 0 saturated carbocycles. The summed E-state index contributed by atoms with van der Waals surface area (Å²) in [6.45, 7) is 14.0. The molecule has 0 saturated heterocycles. The van der Waals surface area contributed by atoms with Crippen LogP contribution in [0.25, 0.3) is 11.1 Å². The zero-order valence-electron chi connectivity index (χ0n) is 21.9. The highest BCUT2D eigenvalue weighted by atomic mass is 14.3. The molecule has 33 heavy (non-hydrogen) atoms. The van der Waals surface area contributed by atoms with Crippen LogP contribution in [0.1, 0.15) is 121 Å². The van der Waals surface area contributed by atoms with Crippen LogP contribution in [-0.2, 0) is 5.41 Å². The average molecular weight is 441 g/mol. The van der Waals surface area contributed by atoms with Gasteiger partial charge in [-0.25, -0.2) is 0 Å². The van der Waals surface area contributed by atoms with Crippen LogP contribution in [0.5, 0.6) is 0 Å². The van der Waals surface area contributed by atoms with Gasteiger partial charge in [-0.1, -0.05) is 115 Å². The lowest BCUT2D eigenvalue weighted by atomic mass is 9.82. The van der Waals surface area contributed by atoms with Crippen LogP contribution in [-0.4, -0.2) is 0 Å². The first-order valence-corrected chi connectivity index (χ1v) is 13.5. The molecule has 0 heteroatoms. The molecule has 0 N–H and O–H groups in total. The van der Waals surface area contributed by atoms with Gasteiger partial charge >= 0.3 is 0 Å². The van der Waals surface area contributed by atoms with Crippen molar-refractivity contribution in [3.8, 4) is 11.1 Å². The molecule has 0 radical (unpaired) electrons. The van der Waals surface area contributed by atoms with Gasteiger partial charge in [-0.05, 0) is 82.7 Å². The molecular formula is C33H44. The smallest absolute Gasteiger partial charge is 0.0102 e. The van der Waals surface area contributed by atoms with Gasteiger partial charge in [-0.3, -0.25) is 0 Å². The van der Waals surface area contributed by atoms with E-state index in [2.05, 4.69) is 96.2 Å². The maximum atomic E-state index is 2.56. The van der Waals surface area contributed by atoms with Crippen molar-refractivity contribution in [3.05, 3.63) is 82.5 Å². The molecular weight excluding hydrogens is 396 g/mol. The van der Waals surface area contributed by atoms with Crippen LogP contribution in [0.3, 0.4) is 0 Å². The van der Waals surface area contributed by atoms with Gasteiger partial charge in [-0.15, -0.1) is 0 Å². The van der Waals surface area contributed by atoms with E-state index in [4.69, 9.17) is 0 Å². The summed E-state index contributed by atoms with van der Waals surface area (Å²) < 4.78 is 0. The lowest BCUT2D eigenvalue weighted by Crippen LogP contribution is -2.12. The molecule has 0 spiro atoms. The van der Waals surface area contributed by atoms with E-state index in [1.165, 1.54) is 67.2 Å². The molecule has 0 heterocycles. The fraction of sp³-hybridized carbons (Fsp3) is 0.515. The molecule has 2 aliphatic carbocycles. The molecule has 0 aliphatic heterocycles. The summed E-state index contributed by atoms with van der Waals surface area (Å²) in [6.07, 6.45) is 16.2. The van der Waals surface area contributed by atoms with Crippen LogP contribution < -0.4 is 0 Å². The van der Waals surface area contributed by atoms with Crippen LogP contribution in [0.15, 0.2) is 60.2 Å². The van der Waals surface area contributed by atoms with Gasteiger partial charge in [0.25, 0.3) is 0 Å². The third-order valence-corrected chi connectivity index (χ3v) is 7.92. The Balaban J connectivity index is 1.64. The Kier molecular flexibility index (Phi) is 7.32. The van der Waals surface area contributed by atoms with Gasteiger partial charge < -0.3 is 0 Å². The van der Waals surface area contributed by atoms with Gasteiger partial charge in [0.1, 0.15) is 0 Å². The van der Waals surface area contributed by atoms with E-state index in [9.17, 15) is 0 Å². The van der Waals surface area contributed by atoms with E-state index in [1.807, 2.05) is 0 Å². The van der Waals surface area contributed by atoms with Gasteiger partial charge in [-0.2, -0.15) is 0 Å². The number of allylic oxidation sites excluding steroid dienone is 4. The van der Waals surface area contributed by atoms with Crippen molar-refractivity contribution in [1.82, 2.24) is 0 Å². The molecule has 0 nitrogen and oxygen atoms in total. The standard InChI is InChI=1S/C33H44/c1-7-9-11-24-12-13-25(20-24)14-17-30-31-21-26(23(3)10-8-2)15-18-28(31)29-19-16-27(22-32(29)30)33(4,5)6/h12-13,15-16,18-23,25,30H,7-11,14,17H2,1-6H3. The van der Waals surface area contributed by atoms with E-state index >= 15 is 0 Å². The van der Waals surface area contributed by atoms with E-state index in [0.29, 0.717) is 17.8 Å². The first-order valence-electron chi connectivity index (χ1n) is 13.5. The zero-order chi connectivity index (χ0) is 23.6. The van der Waals surface area contributed by atoms with Gasteiger partial charge in [0.05, 0.1) is 0 Å². The molecule has 0 amide bonds. The topological polar surface area (TPSA) is 0 Å². The summed E-state index contributed by atoms with van der Waals surface area (Å²) in [5, 5.41) is 0. The second-order valence-electron chi connectivity index (χ2n) is 11.6. The van der Waals surface area contributed by atoms with Crippen molar-refractivity contribution in [2.45, 2.75) is 104 Å². The fourth-order valence-corrected chi connectivity index (χ4v) is 5.78. The van der Waals surface area contributed by atoms with Crippen molar-refractivity contribution < 1.29 is 0 Å². The van der Waals surface area contributed by atoms with Crippen molar-refractivity contribution in [2.75, 3.05) is 0 Å². The summed E-state index contributed by atoms with van der Waals surface area (Å²) in [6, 6.07) is 14.7. The summed E-state index contributed by atoms with van der Waals surface area (Å²) in [5.74, 6) is 1.77. The Morgan fingerprint density at radius 2 is 1.61 bits per heavy atom. The summed E-state index contributed by atoms with van der Waals surface area (Å²) in [7, 11) is 0. The number of benzene rings is 2. The molecule has 2 aliphatic rings. The van der Waals surface area contributed by atoms with E-state index in [0.717, 1.165) is 0 Å². The third-order valence-electron chi connectivity index (χ3n) is 7.92. The second-order valence-corrected chi connectivity index (χ2v) is 11.6. The molecule has 3 unspecified atom stereocenters. The number of fused-ring (bicyclic) bond motifs is 3. The third kappa shape index (κ3) is 5.21. The Morgan fingerprint density at radius 3 is 2.30 bits per heavy atom. The molecule has 2 aromatic rings. The second kappa shape index (κ2) is 10.0. The maximum absolute atomic E-state index is 2.56. The minimum Gasteiger partial charge on any atom is -0.0773 e. The summed E-state index contributed by atoms with van der Waals surface area (Å²) in [5.41, 5.74) is 10.8. The van der Waals surface area contributed by atoms with E-state index in [-0.39, 0.29) is 5.41 Å². The molecule has 4 rings (SSSR count). The lowest BCUT2D eigenvalue weighted by Gasteiger charge is -2.22. The predicted molar refractivity (Wildman–Crippen MR) is 145 cm³/mol. The van der Waals surface area contributed by atoms with Crippen LogP contribution in [0, 0.1) is 5.92 Å². The first-order chi connectivity index (χ1) is 15.8. The van der Waals surface area contributed by atoms with Crippen LogP contribution in [0.2, 0.25) is 0 Å². The largest absolute Gasteiger partial charge is 0.0773 e. The highest BCUT2D eigenvalue weighted by molar-refractivity contribution is 5.79. The molecule has 0 bridgehead atoms. The van der Waals surface area contributed by atoms with E-state index in [1.54, 1.807) is 16.7 Å². The molecule has 176 valence electrons. The van der Waals surface area contributed by atoms with Crippen LogP contribution in [0.4, 0.5) is 0 Å². The van der Waals surface area contributed by atoms with Gasteiger partial charge in [0.15, 0.2) is 0 Å².